The van der Waals surface area contributed by atoms with Gasteiger partial charge in [0.2, 0.25) is 0 Å². The first-order chi connectivity index (χ1) is 9.84. The van der Waals surface area contributed by atoms with Crippen molar-refractivity contribution in [2.75, 3.05) is 5.32 Å². The number of imidazole rings is 1. The third-order valence-electron chi connectivity index (χ3n) is 2.59. The van der Waals surface area contributed by atoms with Crippen LogP contribution in [0.25, 0.3) is 5.65 Å². The van der Waals surface area contributed by atoms with Crippen LogP contribution in [0.4, 0.5) is 5.69 Å². The fourth-order valence-corrected chi connectivity index (χ4v) is 1.74. The summed E-state index contributed by atoms with van der Waals surface area (Å²) in [6, 6.07) is 7.11. The summed E-state index contributed by atoms with van der Waals surface area (Å²) in [5.41, 5.74) is 1.91. The number of hydrogen-bond acceptors (Lipinski definition) is 3. The molecule has 0 aliphatic heterocycles. The van der Waals surface area contributed by atoms with Gasteiger partial charge in [-0.1, -0.05) is 0 Å². The first-order valence-corrected chi connectivity index (χ1v) is 5.98. The Morgan fingerprint density at radius 2 is 2.00 bits per heavy atom. The molecule has 100 valence electrons. The van der Waals surface area contributed by atoms with Gasteiger partial charge in [0, 0.05) is 31.0 Å². The van der Waals surface area contributed by atoms with Crippen molar-refractivity contribution in [1.82, 2.24) is 14.4 Å². The molecular formula is C15H14N4O. The average molecular weight is 266 g/mol. The van der Waals surface area contributed by atoms with Gasteiger partial charge in [-0.05, 0) is 24.3 Å². The highest BCUT2D eigenvalue weighted by atomic mass is 16.1. The van der Waals surface area contributed by atoms with E-state index in [1.54, 1.807) is 24.5 Å². The van der Waals surface area contributed by atoms with Crippen molar-refractivity contribution in [3.8, 4) is 0 Å². The summed E-state index contributed by atoms with van der Waals surface area (Å²) in [6.45, 7) is 6.00. The number of hydrogen-bond donors (Lipinski definition) is 1. The largest absolute Gasteiger partial charge is 0.319 e. The summed E-state index contributed by atoms with van der Waals surface area (Å²) < 4.78 is 1.85. The zero-order valence-electron chi connectivity index (χ0n) is 10.9. The Labute approximate surface area is 116 Å². The highest BCUT2D eigenvalue weighted by Crippen LogP contribution is 2.15. The fourth-order valence-electron chi connectivity index (χ4n) is 1.74. The Kier molecular flexibility index (Phi) is 4.24. The van der Waals surface area contributed by atoms with Crippen LogP contribution in [-0.4, -0.2) is 20.3 Å². The van der Waals surface area contributed by atoms with E-state index in [2.05, 4.69) is 28.4 Å². The third kappa shape index (κ3) is 2.72. The van der Waals surface area contributed by atoms with Crippen LogP contribution in [0.1, 0.15) is 10.4 Å². The van der Waals surface area contributed by atoms with Crippen molar-refractivity contribution in [3.05, 3.63) is 74.0 Å². The van der Waals surface area contributed by atoms with Crippen molar-refractivity contribution >= 4 is 17.2 Å². The second-order valence-electron chi connectivity index (χ2n) is 3.78. The van der Waals surface area contributed by atoms with Gasteiger partial charge in [0.05, 0.1) is 11.3 Å². The van der Waals surface area contributed by atoms with E-state index in [4.69, 9.17) is 0 Å². The zero-order valence-corrected chi connectivity index (χ0v) is 10.9. The molecule has 3 heterocycles. The zero-order chi connectivity index (χ0) is 14.4. The second kappa shape index (κ2) is 6.29. The van der Waals surface area contributed by atoms with Gasteiger partial charge in [0.15, 0.2) is 5.65 Å². The van der Waals surface area contributed by atoms with E-state index in [-0.39, 0.29) is 5.91 Å². The van der Waals surface area contributed by atoms with Crippen molar-refractivity contribution in [1.29, 1.82) is 0 Å². The lowest BCUT2D eigenvalue weighted by atomic mass is 10.2. The summed E-state index contributed by atoms with van der Waals surface area (Å²) in [5, 5.41) is 2.83. The molecule has 0 saturated carbocycles. The van der Waals surface area contributed by atoms with E-state index in [1.165, 1.54) is 6.20 Å². The molecule has 0 spiro atoms. The molecule has 0 aliphatic rings. The number of nitrogens with one attached hydrogen (secondary N) is 1. The molecule has 0 atom stereocenters. The molecule has 0 bridgehead atoms. The predicted molar refractivity (Wildman–Crippen MR) is 78.6 cm³/mol. The molecule has 3 rings (SSSR count). The number of rotatable bonds is 2. The molecule has 0 radical (unpaired) electrons. The molecule has 0 fully saturated rings. The SMILES string of the molecule is C=C.O=C(Nc1cccn2ccnc12)c1cccnc1. The molecule has 0 aliphatic carbocycles. The van der Waals surface area contributed by atoms with Gasteiger partial charge in [-0.25, -0.2) is 4.98 Å². The lowest BCUT2D eigenvalue weighted by molar-refractivity contribution is 0.102. The first-order valence-electron chi connectivity index (χ1n) is 5.98. The number of fused-ring (bicyclic) bond motifs is 1. The van der Waals surface area contributed by atoms with Gasteiger partial charge in [-0.3, -0.25) is 9.78 Å². The summed E-state index contributed by atoms with van der Waals surface area (Å²) >= 11 is 0. The van der Waals surface area contributed by atoms with Crippen LogP contribution in [0.5, 0.6) is 0 Å². The molecule has 5 heteroatoms. The van der Waals surface area contributed by atoms with Gasteiger partial charge < -0.3 is 9.72 Å². The maximum Gasteiger partial charge on any atom is 0.257 e. The maximum absolute atomic E-state index is 12.0. The van der Waals surface area contributed by atoms with Gasteiger partial charge in [0.1, 0.15) is 0 Å². The molecule has 0 aromatic carbocycles. The van der Waals surface area contributed by atoms with Crippen molar-refractivity contribution in [2.45, 2.75) is 0 Å². The number of carbonyl (C=O) groups excluding carboxylic acids is 1. The van der Waals surface area contributed by atoms with E-state index < -0.39 is 0 Å². The predicted octanol–water partition coefficient (Wildman–Crippen LogP) is 2.78. The Morgan fingerprint density at radius 3 is 2.75 bits per heavy atom. The molecule has 3 aromatic heterocycles. The van der Waals surface area contributed by atoms with E-state index in [0.29, 0.717) is 11.3 Å². The summed E-state index contributed by atoms with van der Waals surface area (Å²) in [6.07, 6.45) is 8.55. The van der Waals surface area contributed by atoms with Crippen LogP contribution in [0.2, 0.25) is 0 Å². The molecule has 1 amide bonds. The molecule has 1 N–H and O–H groups in total. The summed E-state index contributed by atoms with van der Waals surface area (Å²) in [5.74, 6) is -0.195. The van der Waals surface area contributed by atoms with Gasteiger partial charge in [-0.15, -0.1) is 13.2 Å². The van der Waals surface area contributed by atoms with Crippen molar-refractivity contribution in [3.63, 3.8) is 0 Å². The quantitative estimate of drug-likeness (QED) is 0.725. The molecule has 20 heavy (non-hydrogen) atoms. The van der Waals surface area contributed by atoms with Crippen LogP contribution in [0.15, 0.2) is 68.4 Å². The topological polar surface area (TPSA) is 59.3 Å². The number of anilines is 1. The fraction of sp³-hybridized carbons (Fsp3) is 0. The van der Waals surface area contributed by atoms with E-state index in [9.17, 15) is 4.79 Å². The lowest BCUT2D eigenvalue weighted by Gasteiger charge is -2.06. The number of amides is 1. The minimum Gasteiger partial charge on any atom is -0.319 e. The van der Waals surface area contributed by atoms with E-state index in [0.717, 1.165) is 5.65 Å². The van der Waals surface area contributed by atoms with Crippen LogP contribution in [0.3, 0.4) is 0 Å². The number of carbonyl (C=O) groups is 1. The highest BCUT2D eigenvalue weighted by molar-refractivity contribution is 6.05. The Balaban J connectivity index is 0.000000704. The minimum atomic E-state index is -0.195. The van der Waals surface area contributed by atoms with Crippen LogP contribution < -0.4 is 5.32 Å². The standard InChI is InChI=1S/C13H10N4O.C2H4/c18-13(10-3-1-5-14-9-10)16-11-4-2-7-17-8-6-15-12(11)17;1-2/h1-9H,(H,16,18);1-2H2. The van der Waals surface area contributed by atoms with E-state index in [1.807, 2.05) is 28.9 Å². The minimum absolute atomic E-state index is 0.195. The van der Waals surface area contributed by atoms with Gasteiger partial charge >= 0.3 is 0 Å². The number of nitrogens with zero attached hydrogens (tertiary/aromatic N) is 3. The molecular weight excluding hydrogens is 252 g/mol. The summed E-state index contributed by atoms with van der Waals surface area (Å²) in [7, 11) is 0. The van der Waals surface area contributed by atoms with Crippen molar-refractivity contribution < 1.29 is 4.79 Å². The van der Waals surface area contributed by atoms with E-state index >= 15 is 0 Å². The Bertz CT molecular complexity index is 706. The van der Waals surface area contributed by atoms with Gasteiger partial charge in [-0.2, -0.15) is 0 Å². The third-order valence-corrected chi connectivity index (χ3v) is 2.59. The molecule has 0 saturated heterocycles. The second-order valence-corrected chi connectivity index (χ2v) is 3.78. The van der Waals surface area contributed by atoms with Crippen LogP contribution in [-0.2, 0) is 0 Å². The Morgan fingerprint density at radius 1 is 1.15 bits per heavy atom. The normalized spacial score (nSPS) is 9.60. The summed E-state index contributed by atoms with van der Waals surface area (Å²) in [4.78, 5) is 20.1. The van der Waals surface area contributed by atoms with Crippen LogP contribution >= 0.6 is 0 Å². The van der Waals surface area contributed by atoms with Crippen LogP contribution in [0, 0.1) is 0 Å². The molecule has 0 unspecified atom stereocenters. The number of aromatic nitrogens is 3. The Hall–Kier alpha value is -2.95. The van der Waals surface area contributed by atoms with Gasteiger partial charge in [0.25, 0.3) is 5.91 Å². The lowest BCUT2D eigenvalue weighted by Crippen LogP contribution is -2.12. The molecule has 5 nitrogen and oxygen atoms in total. The maximum atomic E-state index is 12.0. The molecule has 3 aromatic rings. The van der Waals surface area contributed by atoms with Crippen molar-refractivity contribution in [2.24, 2.45) is 0 Å². The number of pyridine rings is 2. The monoisotopic (exact) mass is 266 g/mol. The highest BCUT2D eigenvalue weighted by Gasteiger charge is 2.08. The first kappa shape index (κ1) is 13.5. The smallest absolute Gasteiger partial charge is 0.257 e. The average Bonchev–Trinajstić information content (AvgIpc) is 3.00.